The van der Waals surface area contributed by atoms with Gasteiger partial charge in [0.25, 0.3) is 0 Å². The van der Waals surface area contributed by atoms with Crippen molar-refractivity contribution in [2.75, 3.05) is 0 Å². The van der Waals surface area contributed by atoms with Gasteiger partial charge in [-0.05, 0) is 40.5 Å². The second kappa shape index (κ2) is 9.75. The molecule has 6 nitrogen and oxygen atoms in total. The van der Waals surface area contributed by atoms with Crippen molar-refractivity contribution in [2.24, 2.45) is 0 Å². The topological polar surface area (TPSA) is 64.7 Å². The van der Waals surface area contributed by atoms with Gasteiger partial charge in [-0.15, -0.1) is 0 Å². The summed E-state index contributed by atoms with van der Waals surface area (Å²) in [6.45, 7) is 3.53. The van der Waals surface area contributed by atoms with Crippen LogP contribution in [0.4, 0.5) is 0 Å². The average molecular weight is 450 g/mol. The second-order valence-corrected chi connectivity index (χ2v) is 8.29. The van der Waals surface area contributed by atoms with Crippen LogP contribution < -0.4 is 5.32 Å². The lowest BCUT2D eigenvalue weighted by atomic mass is 9.98. The van der Waals surface area contributed by atoms with E-state index in [1.165, 1.54) is 5.56 Å². The highest BCUT2D eigenvalue weighted by atomic mass is 16.1. The van der Waals surface area contributed by atoms with Gasteiger partial charge in [-0.25, -0.2) is 4.98 Å². The first-order chi connectivity index (χ1) is 16.7. The highest BCUT2D eigenvalue weighted by Crippen LogP contribution is 2.24. The minimum atomic E-state index is -0.0257. The van der Waals surface area contributed by atoms with Crippen molar-refractivity contribution in [3.8, 4) is 11.1 Å². The molecule has 2 aromatic heterocycles. The maximum atomic E-state index is 12.9. The van der Waals surface area contributed by atoms with E-state index >= 15 is 0 Å². The van der Waals surface area contributed by atoms with Gasteiger partial charge in [0.2, 0.25) is 5.91 Å². The molecule has 0 aliphatic rings. The summed E-state index contributed by atoms with van der Waals surface area (Å²) in [4.78, 5) is 17.5. The molecule has 0 aliphatic carbocycles. The first-order valence-corrected chi connectivity index (χ1v) is 11.6. The van der Waals surface area contributed by atoms with Gasteiger partial charge < -0.3 is 9.88 Å². The lowest BCUT2D eigenvalue weighted by Gasteiger charge is -2.13. The number of hydrogen-bond acceptors (Lipinski definition) is 3. The molecular formula is C28H27N5O. The summed E-state index contributed by atoms with van der Waals surface area (Å²) < 4.78 is 3.92. The Kier molecular flexibility index (Phi) is 6.21. The van der Waals surface area contributed by atoms with Crippen LogP contribution in [0.5, 0.6) is 0 Å². The number of amides is 1. The molecular weight excluding hydrogens is 422 g/mol. The normalized spacial score (nSPS) is 11.1. The highest BCUT2D eigenvalue weighted by Gasteiger charge is 2.13. The Morgan fingerprint density at radius 1 is 0.941 bits per heavy atom. The van der Waals surface area contributed by atoms with Crippen molar-refractivity contribution < 1.29 is 4.79 Å². The fourth-order valence-corrected chi connectivity index (χ4v) is 4.29. The third kappa shape index (κ3) is 4.62. The Morgan fingerprint density at radius 3 is 2.53 bits per heavy atom. The number of nitrogens with zero attached hydrogens (tertiary/aromatic N) is 4. The van der Waals surface area contributed by atoms with Crippen molar-refractivity contribution in [3.05, 3.63) is 108 Å². The van der Waals surface area contributed by atoms with Crippen LogP contribution in [-0.2, 0) is 30.8 Å². The van der Waals surface area contributed by atoms with Crippen LogP contribution in [0.1, 0.15) is 23.9 Å². The van der Waals surface area contributed by atoms with Crippen molar-refractivity contribution in [2.45, 2.75) is 33.0 Å². The van der Waals surface area contributed by atoms with Crippen LogP contribution in [0.15, 0.2) is 91.3 Å². The van der Waals surface area contributed by atoms with Gasteiger partial charge in [-0.3, -0.25) is 9.48 Å². The van der Waals surface area contributed by atoms with E-state index in [2.05, 4.69) is 58.7 Å². The summed E-state index contributed by atoms with van der Waals surface area (Å²) >= 11 is 0. The number of fused-ring (bicyclic) bond motifs is 1. The van der Waals surface area contributed by atoms with Gasteiger partial charge in [0.05, 0.1) is 17.6 Å². The second-order valence-electron chi connectivity index (χ2n) is 8.29. The van der Waals surface area contributed by atoms with E-state index in [1.807, 2.05) is 57.9 Å². The van der Waals surface area contributed by atoms with Gasteiger partial charge in [0.15, 0.2) is 0 Å². The van der Waals surface area contributed by atoms with Gasteiger partial charge in [0.1, 0.15) is 12.4 Å². The van der Waals surface area contributed by atoms with Crippen LogP contribution in [0.2, 0.25) is 0 Å². The summed E-state index contributed by atoms with van der Waals surface area (Å²) in [5.41, 5.74) is 6.44. The summed E-state index contributed by atoms with van der Waals surface area (Å²) in [5.74, 6) is 0.897. The third-order valence-electron chi connectivity index (χ3n) is 6.01. The molecule has 0 spiro atoms. The molecule has 5 rings (SSSR count). The van der Waals surface area contributed by atoms with Crippen molar-refractivity contribution in [1.82, 2.24) is 24.6 Å². The zero-order chi connectivity index (χ0) is 23.3. The minimum Gasteiger partial charge on any atom is -0.350 e. The molecule has 0 radical (unpaired) electrons. The molecule has 1 N–H and O–H groups in total. The average Bonchev–Trinajstić information content (AvgIpc) is 3.51. The minimum absolute atomic E-state index is 0.0257. The molecule has 0 unspecified atom stereocenters. The third-order valence-corrected chi connectivity index (χ3v) is 6.01. The van der Waals surface area contributed by atoms with Crippen molar-refractivity contribution >= 4 is 16.9 Å². The van der Waals surface area contributed by atoms with Crippen LogP contribution in [0.25, 0.3) is 22.2 Å². The van der Waals surface area contributed by atoms with Crippen LogP contribution >= 0.6 is 0 Å². The number of benzene rings is 3. The molecule has 170 valence electrons. The summed E-state index contributed by atoms with van der Waals surface area (Å²) in [7, 11) is 0. The van der Waals surface area contributed by atoms with Gasteiger partial charge in [0, 0.05) is 25.4 Å². The molecule has 0 bridgehead atoms. The molecule has 0 saturated carbocycles. The van der Waals surface area contributed by atoms with E-state index in [0.29, 0.717) is 6.54 Å². The van der Waals surface area contributed by atoms with E-state index < -0.39 is 0 Å². The molecule has 6 heteroatoms. The SMILES string of the molecule is CCc1nc2ccccc2n1CC(=O)NCc1ccccc1-c1ccc(Cn2cccn2)cc1. The largest absolute Gasteiger partial charge is 0.350 e. The predicted octanol–water partition coefficient (Wildman–Crippen LogP) is 4.83. The number of para-hydroxylation sites is 2. The fraction of sp³-hybridized carbons (Fsp3) is 0.179. The molecule has 0 saturated heterocycles. The van der Waals surface area contributed by atoms with Crippen molar-refractivity contribution in [3.63, 3.8) is 0 Å². The first-order valence-electron chi connectivity index (χ1n) is 11.6. The summed E-state index contributed by atoms with van der Waals surface area (Å²) in [6, 6.07) is 26.6. The number of nitrogens with one attached hydrogen (secondary N) is 1. The Balaban J connectivity index is 1.29. The van der Waals surface area contributed by atoms with Crippen LogP contribution in [-0.4, -0.2) is 25.2 Å². The lowest BCUT2D eigenvalue weighted by Crippen LogP contribution is -2.28. The number of rotatable bonds is 8. The fourth-order valence-electron chi connectivity index (χ4n) is 4.29. The zero-order valence-corrected chi connectivity index (χ0v) is 19.2. The highest BCUT2D eigenvalue weighted by molar-refractivity contribution is 5.81. The zero-order valence-electron chi connectivity index (χ0n) is 19.2. The predicted molar refractivity (Wildman–Crippen MR) is 134 cm³/mol. The Labute approximate surface area is 198 Å². The molecule has 1 amide bonds. The van der Waals surface area contributed by atoms with Crippen LogP contribution in [0.3, 0.4) is 0 Å². The van der Waals surface area contributed by atoms with Crippen LogP contribution in [0, 0.1) is 0 Å². The van der Waals surface area contributed by atoms with Gasteiger partial charge >= 0.3 is 0 Å². The first kappa shape index (κ1) is 21.6. The monoisotopic (exact) mass is 449 g/mol. The lowest BCUT2D eigenvalue weighted by molar-refractivity contribution is -0.121. The number of imidazole rings is 1. The smallest absolute Gasteiger partial charge is 0.240 e. The molecule has 34 heavy (non-hydrogen) atoms. The van der Waals surface area contributed by atoms with E-state index in [1.54, 1.807) is 6.20 Å². The molecule has 0 fully saturated rings. The molecule has 3 aromatic carbocycles. The molecule has 0 aliphatic heterocycles. The quantitative estimate of drug-likeness (QED) is 0.369. The van der Waals surface area contributed by atoms with E-state index in [-0.39, 0.29) is 12.5 Å². The van der Waals surface area contributed by atoms with E-state index in [4.69, 9.17) is 0 Å². The van der Waals surface area contributed by atoms with Gasteiger partial charge in [-0.2, -0.15) is 5.10 Å². The Morgan fingerprint density at radius 2 is 1.74 bits per heavy atom. The number of carbonyl (C=O) groups is 1. The number of aryl methyl sites for hydroxylation is 1. The summed E-state index contributed by atoms with van der Waals surface area (Å²) in [6.07, 6.45) is 4.53. The van der Waals surface area contributed by atoms with E-state index in [0.717, 1.165) is 46.5 Å². The molecule has 5 aromatic rings. The van der Waals surface area contributed by atoms with Crippen molar-refractivity contribution in [1.29, 1.82) is 0 Å². The van der Waals surface area contributed by atoms with E-state index in [9.17, 15) is 4.79 Å². The number of hydrogen-bond donors (Lipinski definition) is 1. The molecule has 2 heterocycles. The maximum absolute atomic E-state index is 12.9. The Hall–Kier alpha value is -4.19. The summed E-state index contributed by atoms with van der Waals surface area (Å²) in [5, 5.41) is 7.38. The molecule has 0 atom stereocenters. The number of aromatic nitrogens is 4. The van der Waals surface area contributed by atoms with Gasteiger partial charge in [-0.1, -0.05) is 67.6 Å². The number of carbonyl (C=O) groups excluding carboxylic acids is 1. The Bertz CT molecular complexity index is 1400. The maximum Gasteiger partial charge on any atom is 0.240 e. The standard InChI is InChI=1S/C28H27N5O/c1-2-27-31-25-10-5-6-11-26(25)33(27)20-28(34)29-18-23-8-3-4-9-24(23)22-14-12-21(13-15-22)19-32-17-7-16-30-32/h3-17H,2,18-20H2,1H3,(H,29,34).